The Bertz CT molecular complexity index is 2500. The van der Waals surface area contributed by atoms with Crippen molar-refractivity contribution in [2.24, 2.45) is 0 Å². The van der Waals surface area contributed by atoms with Gasteiger partial charge in [-0.25, -0.2) is 0 Å². The quantitative estimate of drug-likeness (QED) is 0.195. The molecule has 0 saturated heterocycles. The van der Waals surface area contributed by atoms with Crippen molar-refractivity contribution in [2.75, 3.05) is 0 Å². The number of rotatable bonds is 4. The van der Waals surface area contributed by atoms with E-state index in [4.69, 9.17) is 12.6 Å². The molecule has 0 aliphatic rings. The highest BCUT2D eigenvalue weighted by Gasteiger charge is 2.19. The highest BCUT2D eigenvalue weighted by Crippen LogP contribution is 2.41. The van der Waals surface area contributed by atoms with Crippen molar-refractivity contribution in [2.45, 2.75) is 4.90 Å². The van der Waals surface area contributed by atoms with Crippen molar-refractivity contribution in [3.63, 3.8) is 0 Å². The Balaban J connectivity index is 1.30. The van der Waals surface area contributed by atoms with Crippen LogP contribution in [0.4, 0.5) is 0 Å². The lowest BCUT2D eigenvalue weighted by atomic mass is 9.97. The van der Waals surface area contributed by atoms with Crippen molar-refractivity contribution in [1.82, 2.24) is 9.13 Å². The molecule has 9 aromatic rings. The zero-order valence-corrected chi connectivity index (χ0v) is 25.3. The molecule has 7 aromatic carbocycles. The van der Waals surface area contributed by atoms with Crippen LogP contribution in [0.3, 0.4) is 0 Å². The summed E-state index contributed by atoms with van der Waals surface area (Å²) in [7, 11) is 0. The standard InChI is InChI=1S/C42H28N2S/c45-41-23-11-22-40(42(41)30-15-10-14-29(26-30)28-12-2-1-3-13-28)44-38-21-9-6-18-34(38)35-27-31(24-25-39(35)44)43-36-19-7-4-16-32(36)33-17-5-8-20-37(33)43/h1-27,45H. The van der Waals surface area contributed by atoms with E-state index >= 15 is 0 Å². The minimum Gasteiger partial charge on any atom is -0.309 e. The van der Waals surface area contributed by atoms with E-state index in [1.165, 1.54) is 54.7 Å². The summed E-state index contributed by atoms with van der Waals surface area (Å²) in [6, 6.07) is 58.8. The van der Waals surface area contributed by atoms with Crippen LogP contribution in [-0.4, -0.2) is 9.13 Å². The molecule has 0 spiro atoms. The largest absolute Gasteiger partial charge is 0.309 e. The van der Waals surface area contributed by atoms with E-state index in [0.717, 1.165) is 27.4 Å². The minimum absolute atomic E-state index is 0.950. The Hall–Kier alpha value is -5.51. The molecule has 2 aromatic heterocycles. The summed E-state index contributed by atoms with van der Waals surface area (Å²) in [5.74, 6) is 0. The zero-order chi connectivity index (χ0) is 29.9. The number of thiol groups is 1. The molecule has 45 heavy (non-hydrogen) atoms. The minimum atomic E-state index is 0.950. The molecule has 0 amide bonds. The molecule has 2 nitrogen and oxygen atoms in total. The molecule has 0 aliphatic carbocycles. The molecule has 0 unspecified atom stereocenters. The number of benzene rings is 7. The van der Waals surface area contributed by atoms with Crippen molar-refractivity contribution in [1.29, 1.82) is 0 Å². The molecule has 0 fully saturated rings. The number of fused-ring (bicyclic) bond motifs is 6. The van der Waals surface area contributed by atoms with Gasteiger partial charge in [0.05, 0.1) is 27.8 Å². The molecule has 2 heterocycles. The molecule has 212 valence electrons. The fourth-order valence-electron chi connectivity index (χ4n) is 7.06. The molecule has 0 radical (unpaired) electrons. The zero-order valence-electron chi connectivity index (χ0n) is 24.4. The average molecular weight is 593 g/mol. The normalized spacial score (nSPS) is 11.7. The highest BCUT2D eigenvalue weighted by molar-refractivity contribution is 7.80. The Morgan fingerprint density at radius 1 is 0.356 bits per heavy atom. The molecule has 9 rings (SSSR count). The second-order valence-electron chi connectivity index (χ2n) is 11.5. The predicted octanol–water partition coefficient (Wildman–Crippen LogP) is 11.5. The summed E-state index contributed by atoms with van der Waals surface area (Å²) in [6.45, 7) is 0. The van der Waals surface area contributed by atoms with Gasteiger partial charge in [0.2, 0.25) is 0 Å². The maximum atomic E-state index is 5.03. The van der Waals surface area contributed by atoms with Crippen molar-refractivity contribution in [3.05, 3.63) is 164 Å². The molecule has 0 N–H and O–H groups in total. The Kier molecular flexibility index (Phi) is 5.93. The van der Waals surface area contributed by atoms with Crippen LogP contribution < -0.4 is 0 Å². The summed E-state index contributed by atoms with van der Waals surface area (Å²) in [5, 5.41) is 4.98. The number of aromatic nitrogens is 2. The predicted molar refractivity (Wildman–Crippen MR) is 193 cm³/mol. The molecular formula is C42H28N2S. The van der Waals surface area contributed by atoms with E-state index in [-0.39, 0.29) is 0 Å². The number of hydrogen-bond donors (Lipinski definition) is 1. The van der Waals surface area contributed by atoms with Gasteiger partial charge in [0, 0.05) is 37.7 Å². The monoisotopic (exact) mass is 592 g/mol. The van der Waals surface area contributed by atoms with Crippen molar-refractivity contribution < 1.29 is 0 Å². The number of para-hydroxylation sites is 3. The summed E-state index contributed by atoms with van der Waals surface area (Å²) in [5.41, 5.74) is 11.7. The lowest BCUT2D eigenvalue weighted by Crippen LogP contribution is -1.99. The van der Waals surface area contributed by atoms with Crippen LogP contribution in [-0.2, 0) is 0 Å². The molecule has 0 atom stereocenters. The van der Waals surface area contributed by atoms with Crippen LogP contribution >= 0.6 is 12.6 Å². The molecule has 0 aliphatic heterocycles. The number of hydrogen-bond acceptors (Lipinski definition) is 1. The molecule has 3 heteroatoms. The third kappa shape index (κ3) is 4.05. The Morgan fingerprint density at radius 2 is 0.889 bits per heavy atom. The van der Waals surface area contributed by atoms with Gasteiger partial charge in [-0.05, 0) is 71.3 Å². The van der Waals surface area contributed by atoms with Crippen LogP contribution in [0.1, 0.15) is 0 Å². The second-order valence-corrected chi connectivity index (χ2v) is 12.0. The van der Waals surface area contributed by atoms with Gasteiger partial charge >= 0.3 is 0 Å². The average Bonchev–Trinajstić information content (AvgIpc) is 3.61. The first-order valence-electron chi connectivity index (χ1n) is 15.3. The molecular weight excluding hydrogens is 565 g/mol. The lowest BCUT2D eigenvalue weighted by Gasteiger charge is -2.17. The maximum absolute atomic E-state index is 5.03. The van der Waals surface area contributed by atoms with Crippen LogP contribution in [0, 0.1) is 0 Å². The SMILES string of the molecule is Sc1cccc(-n2c3ccccc3c3cc(-n4c5ccccc5c5ccccc54)ccc32)c1-c1cccc(-c2ccccc2)c1. The maximum Gasteiger partial charge on any atom is 0.0551 e. The third-order valence-electron chi connectivity index (χ3n) is 9.01. The Morgan fingerprint density at radius 3 is 1.60 bits per heavy atom. The van der Waals surface area contributed by atoms with Crippen LogP contribution in [0.2, 0.25) is 0 Å². The summed E-state index contributed by atoms with van der Waals surface area (Å²) < 4.78 is 4.80. The van der Waals surface area contributed by atoms with Crippen LogP contribution in [0.15, 0.2) is 169 Å². The van der Waals surface area contributed by atoms with Crippen LogP contribution in [0.25, 0.3) is 77.2 Å². The first-order chi connectivity index (χ1) is 22.3. The van der Waals surface area contributed by atoms with Gasteiger partial charge in [0.1, 0.15) is 0 Å². The van der Waals surface area contributed by atoms with Gasteiger partial charge in [-0.15, -0.1) is 12.6 Å². The van der Waals surface area contributed by atoms with E-state index in [1.54, 1.807) is 0 Å². The first-order valence-corrected chi connectivity index (χ1v) is 15.7. The van der Waals surface area contributed by atoms with E-state index in [9.17, 15) is 0 Å². The van der Waals surface area contributed by atoms with Gasteiger partial charge in [0.15, 0.2) is 0 Å². The van der Waals surface area contributed by atoms with Gasteiger partial charge < -0.3 is 9.13 Å². The van der Waals surface area contributed by atoms with E-state index < -0.39 is 0 Å². The van der Waals surface area contributed by atoms with Crippen molar-refractivity contribution in [3.8, 4) is 33.6 Å². The number of nitrogens with zero attached hydrogens (tertiary/aromatic N) is 2. The van der Waals surface area contributed by atoms with Crippen molar-refractivity contribution >= 4 is 56.2 Å². The lowest BCUT2D eigenvalue weighted by molar-refractivity contribution is 1.16. The van der Waals surface area contributed by atoms with E-state index in [0.29, 0.717) is 0 Å². The van der Waals surface area contributed by atoms with Crippen LogP contribution in [0.5, 0.6) is 0 Å². The van der Waals surface area contributed by atoms with Gasteiger partial charge in [-0.3, -0.25) is 0 Å². The van der Waals surface area contributed by atoms with Gasteiger partial charge in [0.25, 0.3) is 0 Å². The molecule has 0 bridgehead atoms. The highest BCUT2D eigenvalue weighted by atomic mass is 32.1. The first kappa shape index (κ1) is 25.9. The summed E-state index contributed by atoms with van der Waals surface area (Å²) in [4.78, 5) is 0.950. The van der Waals surface area contributed by atoms with E-state index in [1.807, 2.05) is 0 Å². The van der Waals surface area contributed by atoms with Gasteiger partial charge in [-0.1, -0.05) is 109 Å². The third-order valence-corrected chi connectivity index (χ3v) is 9.39. The second kappa shape index (κ2) is 10.3. The van der Waals surface area contributed by atoms with E-state index in [2.05, 4.69) is 173 Å². The topological polar surface area (TPSA) is 9.86 Å². The smallest absolute Gasteiger partial charge is 0.0551 e. The Labute approximate surface area is 266 Å². The fraction of sp³-hybridized carbons (Fsp3) is 0. The summed E-state index contributed by atoms with van der Waals surface area (Å²) in [6.07, 6.45) is 0. The summed E-state index contributed by atoms with van der Waals surface area (Å²) >= 11 is 5.03. The molecule has 0 saturated carbocycles. The fourth-order valence-corrected chi connectivity index (χ4v) is 7.39. The van der Waals surface area contributed by atoms with Gasteiger partial charge in [-0.2, -0.15) is 0 Å².